The Labute approximate surface area is 187 Å². The van der Waals surface area contributed by atoms with Gasteiger partial charge in [0.1, 0.15) is 6.61 Å². The number of carbonyl (C=O) groups is 3. The van der Waals surface area contributed by atoms with Gasteiger partial charge in [-0.3, -0.25) is 9.69 Å². The summed E-state index contributed by atoms with van der Waals surface area (Å²) in [4.78, 5) is 39.0. The van der Waals surface area contributed by atoms with Crippen LogP contribution in [0.3, 0.4) is 0 Å². The van der Waals surface area contributed by atoms with E-state index in [-0.39, 0.29) is 55.4 Å². The smallest absolute Gasteiger partial charge is 0.409 e. The van der Waals surface area contributed by atoms with Gasteiger partial charge in [-0.25, -0.2) is 9.59 Å². The third-order valence-corrected chi connectivity index (χ3v) is 6.06. The number of carboxylic acids is 1. The van der Waals surface area contributed by atoms with E-state index in [0.717, 1.165) is 19.4 Å². The van der Waals surface area contributed by atoms with Crippen molar-refractivity contribution < 1.29 is 33.7 Å². The number of ether oxygens (including phenoxy) is 3. The topological polar surface area (TPSA) is 144 Å². The highest BCUT2D eigenvalue weighted by atomic mass is 16.6. The van der Waals surface area contributed by atoms with Gasteiger partial charge in [0.25, 0.3) is 0 Å². The highest BCUT2D eigenvalue weighted by Gasteiger charge is 2.38. The number of nitrogens with two attached hydrogens (primary N) is 1. The minimum atomic E-state index is -0.987. The highest BCUT2D eigenvalue weighted by Crippen LogP contribution is 2.26. The molecule has 32 heavy (non-hydrogen) atoms. The van der Waals surface area contributed by atoms with Crippen LogP contribution in [0.25, 0.3) is 0 Å². The number of nitrogens with one attached hydrogen (secondary N) is 1. The van der Waals surface area contributed by atoms with Crippen molar-refractivity contribution in [3.8, 4) is 0 Å². The van der Waals surface area contributed by atoms with Crippen molar-refractivity contribution in [2.45, 2.75) is 50.4 Å². The fourth-order valence-electron chi connectivity index (χ4n) is 4.48. The van der Waals surface area contributed by atoms with Gasteiger partial charge in [0.2, 0.25) is 5.91 Å². The van der Waals surface area contributed by atoms with Crippen LogP contribution in [0.2, 0.25) is 0 Å². The summed E-state index contributed by atoms with van der Waals surface area (Å²) in [5.74, 6) is -1.19. The first-order valence-electron chi connectivity index (χ1n) is 11.2. The maximum atomic E-state index is 12.0. The average molecular weight is 455 g/mol. The molecule has 3 aliphatic rings. The monoisotopic (exact) mass is 454 g/mol. The molecule has 0 spiro atoms. The zero-order valence-corrected chi connectivity index (χ0v) is 18.5. The van der Waals surface area contributed by atoms with E-state index in [0.29, 0.717) is 32.8 Å². The molecule has 0 aromatic rings. The summed E-state index contributed by atoms with van der Waals surface area (Å²) in [6, 6.07) is -1.18. The van der Waals surface area contributed by atoms with E-state index in [4.69, 9.17) is 19.9 Å². The van der Waals surface area contributed by atoms with Gasteiger partial charge in [0, 0.05) is 38.2 Å². The maximum Gasteiger partial charge on any atom is 0.409 e. The molecule has 0 aromatic carbocycles. The number of hydrogen-bond acceptors (Lipinski definition) is 8. The molecule has 0 bridgehead atoms. The summed E-state index contributed by atoms with van der Waals surface area (Å²) in [5, 5.41) is 12.4. The Morgan fingerprint density at radius 3 is 2.69 bits per heavy atom. The van der Waals surface area contributed by atoms with Crippen molar-refractivity contribution >= 4 is 18.0 Å². The first-order chi connectivity index (χ1) is 15.3. The fourth-order valence-corrected chi connectivity index (χ4v) is 4.48. The van der Waals surface area contributed by atoms with Gasteiger partial charge in [0.05, 0.1) is 38.0 Å². The molecule has 0 unspecified atom stereocenters. The number of carbonyl (C=O) groups excluding carboxylic acids is 2. The van der Waals surface area contributed by atoms with Crippen LogP contribution in [0.4, 0.5) is 4.79 Å². The quantitative estimate of drug-likeness (QED) is 0.436. The Kier molecular flexibility index (Phi) is 8.85. The number of aliphatic carboxylic acids is 1. The first kappa shape index (κ1) is 24.4. The first-order valence-corrected chi connectivity index (χ1v) is 11.2. The molecule has 0 radical (unpaired) electrons. The molecule has 11 nitrogen and oxygen atoms in total. The lowest BCUT2D eigenvalue weighted by atomic mass is 9.85. The van der Waals surface area contributed by atoms with E-state index in [2.05, 4.69) is 10.2 Å². The van der Waals surface area contributed by atoms with Crippen LogP contribution in [0.15, 0.2) is 11.6 Å². The largest absolute Gasteiger partial charge is 0.478 e. The van der Waals surface area contributed by atoms with Crippen LogP contribution in [0.5, 0.6) is 0 Å². The van der Waals surface area contributed by atoms with Gasteiger partial charge in [-0.1, -0.05) is 6.08 Å². The molecule has 11 heteroatoms. The van der Waals surface area contributed by atoms with E-state index in [1.165, 1.54) is 6.92 Å². The minimum absolute atomic E-state index is 0.0800. The van der Waals surface area contributed by atoms with E-state index >= 15 is 0 Å². The molecule has 2 heterocycles. The summed E-state index contributed by atoms with van der Waals surface area (Å²) < 4.78 is 16.5. The third-order valence-electron chi connectivity index (χ3n) is 6.06. The lowest BCUT2D eigenvalue weighted by molar-refractivity contribution is -0.133. The van der Waals surface area contributed by atoms with Crippen molar-refractivity contribution in [3.05, 3.63) is 11.6 Å². The van der Waals surface area contributed by atoms with E-state index in [1.807, 2.05) is 0 Å². The molecule has 2 amide bonds. The lowest BCUT2D eigenvalue weighted by Crippen LogP contribution is -2.62. The van der Waals surface area contributed by atoms with Gasteiger partial charge in [-0.2, -0.15) is 0 Å². The Morgan fingerprint density at radius 1 is 1.25 bits per heavy atom. The summed E-state index contributed by atoms with van der Waals surface area (Å²) in [6.07, 6.45) is 3.20. The number of rotatable bonds is 7. The van der Waals surface area contributed by atoms with Gasteiger partial charge >= 0.3 is 12.1 Å². The molecule has 0 saturated carbocycles. The molecule has 3 rings (SSSR count). The lowest BCUT2D eigenvalue weighted by Gasteiger charge is -2.44. The van der Waals surface area contributed by atoms with Crippen LogP contribution >= 0.6 is 0 Å². The second kappa shape index (κ2) is 11.6. The van der Waals surface area contributed by atoms with Gasteiger partial charge in [-0.15, -0.1) is 0 Å². The molecule has 180 valence electrons. The molecule has 1 aliphatic carbocycles. The number of morpholine rings is 1. The number of likely N-dealkylation sites (tertiary alicyclic amines) is 1. The van der Waals surface area contributed by atoms with Gasteiger partial charge in [0.15, 0.2) is 0 Å². The molecular formula is C21H34N4O7. The summed E-state index contributed by atoms with van der Waals surface area (Å²) in [5.41, 5.74) is 6.50. The highest BCUT2D eigenvalue weighted by molar-refractivity contribution is 5.87. The second-order valence-electron chi connectivity index (χ2n) is 8.43. The Balaban J connectivity index is 1.52. The molecule has 4 N–H and O–H groups in total. The zero-order chi connectivity index (χ0) is 23.1. The van der Waals surface area contributed by atoms with Gasteiger partial charge < -0.3 is 35.3 Å². The molecule has 0 aromatic heterocycles. The second-order valence-corrected chi connectivity index (χ2v) is 8.43. The Hall–Kier alpha value is -2.21. The Morgan fingerprint density at radius 2 is 2.00 bits per heavy atom. The molecular weight excluding hydrogens is 420 g/mol. The standard InChI is InChI=1S/C21H34N4O7/c1-14(26)23-19-17(22)11-15(20(27)28)12-18(19)25-4-2-3-16(13-25)31-9-10-32-21(29)24-5-7-30-8-6-24/h12,16-19H,2-11,13,22H2,1H3,(H,23,26)(H,27,28)/t16-,17-,18+,19+/m0/s1. The zero-order valence-electron chi connectivity index (χ0n) is 18.5. The third kappa shape index (κ3) is 6.64. The van der Waals surface area contributed by atoms with E-state index < -0.39 is 12.0 Å². The fraction of sp³-hybridized carbons (Fsp3) is 0.762. The van der Waals surface area contributed by atoms with Crippen LogP contribution in [-0.2, 0) is 23.8 Å². The van der Waals surface area contributed by atoms with E-state index in [9.17, 15) is 19.5 Å². The molecule has 2 fully saturated rings. The van der Waals surface area contributed by atoms with Crippen LogP contribution in [0, 0.1) is 0 Å². The minimum Gasteiger partial charge on any atom is -0.478 e. The average Bonchev–Trinajstić information content (AvgIpc) is 2.78. The number of nitrogens with zero attached hydrogens (tertiary/aromatic N) is 2. The number of piperidine rings is 1. The van der Waals surface area contributed by atoms with Crippen molar-refractivity contribution in [1.29, 1.82) is 0 Å². The summed E-state index contributed by atoms with van der Waals surface area (Å²) >= 11 is 0. The number of carboxylic acid groups (broad SMARTS) is 1. The maximum absolute atomic E-state index is 12.0. The van der Waals surface area contributed by atoms with Crippen LogP contribution < -0.4 is 11.1 Å². The molecule has 2 aliphatic heterocycles. The molecule has 4 atom stereocenters. The predicted octanol–water partition coefficient (Wildman–Crippen LogP) is -0.448. The van der Waals surface area contributed by atoms with Crippen molar-refractivity contribution in [2.75, 3.05) is 52.6 Å². The van der Waals surface area contributed by atoms with Crippen molar-refractivity contribution in [2.24, 2.45) is 5.73 Å². The normalized spacial score (nSPS) is 29.2. The number of hydrogen-bond donors (Lipinski definition) is 3. The number of amides is 2. The van der Waals surface area contributed by atoms with Crippen molar-refractivity contribution in [1.82, 2.24) is 15.1 Å². The van der Waals surface area contributed by atoms with Crippen LogP contribution in [-0.4, -0.2) is 110 Å². The van der Waals surface area contributed by atoms with E-state index in [1.54, 1.807) is 11.0 Å². The Bertz CT molecular complexity index is 710. The van der Waals surface area contributed by atoms with Crippen LogP contribution in [0.1, 0.15) is 26.2 Å². The predicted molar refractivity (Wildman–Crippen MR) is 114 cm³/mol. The molecule has 2 saturated heterocycles. The summed E-state index contributed by atoms with van der Waals surface area (Å²) in [6.45, 7) is 5.31. The van der Waals surface area contributed by atoms with Gasteiger partial charge in [-0.05, 0) is 25.8 Å². The summed E-state index contributed by atoms with van der Waals surface area (Å²) in [7, 11) is 0. The van der Waals surface area contributed by atoms with Crippen molar-refractivity contribution in [3.63, 3.8) is 0 Å². The SMILES string of the molecule is CC(=O)N[C@H]1[C@H](N2CCC[C@H](OCCOC(=O)N3CCOCC3)C2)C=C(C(=O)O)C[C@@H]1N.